The van der Waals surface area contributed by atoms with Crippen molar-refractivity contribution in [2.45, 2.75) is 13.3 Å². The first kappa shape index (κ1) is 13.0. The summed E-state index contributed by atoms with van der Waals surface area (Å²) in [5.41, 5.74) is -0.0588. The first-order valence-electron chi connectivity index (χ1n) is 5.27. The number of nitrogens with zero attached hydrogens (tertiary/aromatic N) is 1. The molecule has 0 spiro atoms. The monoisotopic (exact) mass is 238 g/mol. The predicted octanol–water partition coefficient (Wildman–Crippen LogP) is 1.50. The van der Waals surface area contributed by atoms with Gasteiger partial charge in [-0.15, -0.1) is 0 Å². The zero-order valence-electron chi connectivity index (χ0n) is 9.51. The van der Waals surface area contributed by atoms with Crippen LogP contribution in [0, 0.1) is 10.1 Å². The molecule has 0 atom stereocenters. The summed E-state index contributed by atoms with van der Waals surface area (Å²) in [4.78, 5) is 21.2. The number of hydrogen-bond acceptors (Lipinski definition) is 4. The fraction of sp³-hybridized carbons (Fsp3) is 0.364. The van der Waals surface area contributed by atoms with E-state index in [2.05, 4.69) is 5.32 Å². The Bertz CT molecular complexity index is 406. The number of nitro groups is 1. The molecule has 6 heteroatoms. The number of ether oxygens (including phenoxy) is 1. The number of hydrogen-bond donors (Lipinski definition) is 1. The molecule has 1 aromatic carbocycles. The van der Waals surface area contributed by atoms with E-state index in [4.69, 9.17) is 4.74 Å². The Morgan fingerprint density at radius 2 is 2.29 bits per heavy atom. The van der Waals surface area contributed by atoms with Crippen LogP contribution in [0.3, 0.4) is 0 Å². The summed E-state index contributed by atoms with van der Waals surface area (Å²) in [6.07, 6.45) is 0.850. The number of non-ortho nitro benzene ring substituents is 1. The fourth-order valence-corrected chi connectivity index (χ4v) is 1.15. The quantitative estimate of drug-likeness (QED) is 0.601. The van der Waals surface area contributed by atoms with E-state index < -0.39 is 4.92 Å². The summed E-state index contributed by atoms with van der Waals surface area (Å²) in [5.74, 6) is 0.0733. The Hall–Kier alpha value is -2.11. The van der Waals surface area contributed by atoms with Gasteiger partial charge in [0.05, 0.1) is 11.0 Å². The minimum atomic E-state index is -0.510. The Labute approximate surface area is 98.7 Å². The molecule has 1 rings (SSSR count). The molecule has 0 saturated heterocycles. The van der Waals surface area contributed by atoms with Crippen LogP contribution in [0.5, 0.6) is 5.75 Å². The van der Waals surface area contributed by atoms with Gasteiger partial charge in [0.2, 0.25) is 0 Å². The third kappa shape index (κ3) is 4.50. The first-order chi connectivity index (χ1) is 8.13. The average molecular weight is 238 g/mol. The van der Waals surface area contributed by atoms with E-state index in [1.807, 2.05) is 6.92 Å². The van der Waals surface area contributed by atoms with Crippen LogP contribution in [-0.4, -0.2) is 24.0 Å². The van der Waals surface area contributed by atoms with Crippen LogP contribution in [-0.2, 0) is 4.79 Å². The van der Waals surface area contributed by atoms with E-state index in [0.29, 0.717) is 12.3 Å². The second-order valence-electron chi connectivity index (χ2n) is 3.39. The minimum absolute atomic E-state index is 0.0588. The van der Waals surface area contributed by atoms with Crippen LogP contribution in [0.4, 0.5) is 5.69 Å². The zero-order chi connectivity index (χ0) is 12.7. The van der Waals surface area contributed by atoms with Crippen molar-refractivity contribution in [3.05, 3.63) is 34.4 Å². The summed E-state index contributed by atoms with van der Waals surface area (Å²) in [5, 5.41) is 13.1. The van der Waals surface area contributed by atoms with E-state index in [1.54, 1.807) is 6.07 Å². The minimum Gasteiger partial charge on any atom is -0.484 e. The molecule has 0 aliphatic rings. The summed E-state index contributed by atoms with van der Waals surface area (Å²) >= 11 is 0. The van der Waals surface area contributed by atoms with Crippen molar-refractivity contribution >= 4 is 11.6 Å². The topological polar surface area (TPSA) is 81.5 Å². The molecule has 0 aromatic heterocycles. The molecule has 0 aliphatic carbocycles. The standard InChI is InChI=1S/C11H14N2O4/c1-2-6-12-11(14)8-17-10-5-3-4-9(7-10)13(15)16/h3-5,7H,2,6,8H2,1H3,(H,12,14). The number of carbonyl (C=O) groups is 1. The Balaban J connectivity index is 2.49. The van der Waals surface area contributed by atoms with Gasteiger partial charge >= 0.3 is 0 Å². The van der Waals surface area contributed by atoms with Crippen LogP contribution in [0.15, 0.2) is 24.3 Å². The lowest BCUT2D eigenvalue weighted by Crippen LogP contribution is -2.29. The number of nitro benzene ring substituents is 1. The lowest BCUT2D eigenvalue weighted by atomic mass is 10.3. The molecule has 1 aromatic rings. The fourth-order valence-electron chi connectivity index (χ4n) is 1.15. The Morgan fingerprint density at radius 1 is 1.53 bits per heavy atom. The van der Waals surface area contributed by atoms with E-state index in [0.717, 1.165) is 6.42 Å². The van der Waals surface area contributed by atoms with E-state index in [1.165, 1.54) is 18.2 Å². The van der Waals surface area contributed by atoms with Crippen molar-refractivity contribution in [1.29, 1.82) is 0 Å². The molecule has 1 N–H and O–H groups in total. The molecule has 0 fully saturated rings. The highest BCUT2D eigenvalue weighted by Gasteiger charge is 2.07. The van der Waals surface area contributed by atoms with Gasteiger partial charge in [0.15, 0.2) is 6.61 Å². The van der Waals surface area contributed by atoms with Gasteiger partial charge in [0.1, 0.15) is 5.75 Å². The number of rotatable bonds is 6. The number of nitrogens with one attached hydrogen (secondary N) is 1. The van der Waals surface area contributed by atoms with Crippen molar-refractivity contribution in [2.75, 3.05) is 13.2 Å². The molecule has 92 valence electrons. The first-order valence-corrected chi connectivity index (χ1v) is 5.27. The van der Waals surface area contributed by atoms with E-state index in [-0.39, 0.29) is 18.2 Å². The molecule has 6 nitrogen and oxygen atoms in total. The molecular weight excluding hydrogens is 224 g/mol. The van der Waals surface area contributed by atoms with Gasteiger partial charge in [0, 0.05) is 12.6 Å². The van der Waals surface area contributed by atoms with Crippen molar-refractivity contribution in [3.8, 4) is 5.75 Å². The van der Waals surface area contributed by atoms with Gasteiger partial charge in [-0.1, -0.05) is 13.0 Å². The normalized spacial score (nSPS) is 9.71. The van der Waals surface area contributed by atoms with Gasteiger partial charge in [-0.2, -0.15) is 0 Å². The third-order valence-corrected chi connectivity index (χ3v) is 1.97. The van der Waals surface area contributed by atoms with E-state index in [9.17, 15) is 14.9 Å². The van der Waals surface area contributed by atoms with Crippen molar-refractivity contribution in [2.24, 2.45) is 0 Å². The lowest BCUT2D eigenvalue weighted by Gasteiger charge is -2.06. The van der Waals surface area contributed by atoms with Crippen LogP contribution in [0.2, 0.25) is 0 Å². The van der Waals surface area contributed by atoms with Crippen LogP contribution in [0.25, 0.3) is 0 Å². The second-order valence-corrected chi connectivity index (χ2v) is 3.39. The number of benzene rings is 1. The SMILES string of the molecule is CCCNC(=O)COc1cccc([N+](=O)[O-])c1. The van der Waals surface area contributed by atoms with Crippen molar-refractivity contribution in [3.63, 3.8) is 0 Å². The van der Waals surface area contributed by atoms with Gasteiger partial charge in [-0.25, -0.2) is 0 Å². The molecule has 1 amide bonds. The molecule has 17 heavy (non-hydrogen) atoms. The molecule has 0 radical (unpaired) electrons. The summed E-state index contributed by atoms with van der Waals surface area (Å²) in [6, 6.07) is 5.73. The Kier molecular flexibility index (Phi) is 4.93. The third-order valence-electron chi connectivity index (χ3n) is 1.97. The summed E-state index contributed by atoms with van der Waals surface area (Å²) in [7, 11) is 0. The summed E-state index contributed by atoms with van der Waals surface area (Å²) in [6.45, 7) is 2.40. The molecule has 0 aliphatic heterocycles. The highest BCUT2D eigenvalue weighted by molar-refractivity contribution is 5.77. The Morgan fingerprint density at radius 3 is 2.94 bits per heavy atom. The van der Waals surface area contributed by atoms with Gasteiger partial charge in [-0.3, -0.25) is 14.9 Å². The zero-order valence-corrected chi connectivity index (χ0v) is 9.51. The van der Waals surface area contributed by atoms with Crippen LogP contribution < -0.4 is 10.1 Å². The van der Waals surface area contributed by atoms with Gasteiger partial charge < -0.3 is 10.1 Å². The second kappa shape index (κ2) is 6.47. The maximum atomic E-state index is 11.2. The van der Waals surface area contributed by atoms with Gasteiger partial charge in [-0.05, 0) is 12.5 Å². The maximum Gasteiger partial charge on any atom is 0.273 e. The van der Waals surface area contributed by atoms with Gasteiger partial charge in [0.25, 0.3) is 11.6 Å². The molecule has 0 saturated carbocycles. The van der Waals surface area contributed by atoms with E-state index >= 15 is 0 Å². The van der Waals surface area contributed by atoms with Crippen LogP contribution in [0.1, 0.15) is 13.3 Å². The molecular formula is C11H14N2O4. The summed E-state index contributed by atoms with van der Waals surface area (Å²) < 4.78 is 5.14. The largest absolute Gasteiger partial charge is 0.484 e. The maximum absolute atomic E-state index is 11.2. The molecule has 0 unspecified atom stereocenters. The highest BCUT2D eigenvalue weighted by Crippen LogP contribution is 2.18. The van der Waals surface area contributed by atoms with Crippen molar-refractivity contribution < 1.29 is 14.5 Å². The highest BCUT2D eigenvalue weighted by atomic mass is 16.6. The van der Waals surface area contributed by atoms with Crippen LogP contribution >= 0.6 is 0 Å². The molecule has 0 bridgehead atoms. The predicted molar refractivity (Wildman–Crippen MR) is 61.9 cm³/mol. The number of amides is 1. The molecule has 0 heterocycles. The average Bonchev–Trinajstić information content (AvgIpc) is 2.34. The lowest BCUT2D eigenvalue weighted by molar-refractivity contribution is -0.384. The van der Waals surface area contributed by atoms with Crippen molar-refractivity contribution in [1.82, 2.24) is 5.32 Å². The number of carbonyl (C=O) groups excluding carboxylic acids is 1. The smallest absolute Gasteiger partial charge is 0.273 e.